The fourth-order valence-corrected chi connectivity index (χ4v) is 4.18. The molecule has 6 nitrogen and oxygen atoms in total. The fourth-order valence-electron chi connectivity index (χ4n) is 3.31. The summed E-state index contributed by atoms with van der Waals surface area (Å²) >= 11 is 7.39. The first-order valence-electron chi connectivity index (χ1n) is 10.7. The second kappa shape index (κ2) is 10.6. The number of halogens is 1. The number of pyridine rings is 1. The summed E-state index contributed by atoms with van der Waals surface area (Å²) in [5, 5.41) is 12.9. The molecule has 0 fully saturated rings. The Morgan fingerprint density at radius 3 is 2.48 bits per heavy atom. The van der Waals surface area contributed by atoms with Crippen LogP contribution >= 0.6 is 23.4 Å². The number of carbonyl (C=O) groups excluding carboxylic acids is 1. The highest BCUT2D eigenvalue weighted by molar-refractivity contribution is 7.99. The molecule has 4 aromatic rings. The first-order chi connectivity index (χ1) is 16.0. The Balaban J connectivity index is 1.51. The molecule has 0 aliphatic heterocycles. The molecule has 2 aromatic carbocycles. The monoisotopic (exact) mass is 477 g/mol. The molecule has 0 unspecified atom stereocenters. The van der Waals surface area contributed by atoms with E-state index in [1.807, 2.05) is 59.2 Å². The number of hydrogen-bond acceptors (Lipinski definition) is 5. The van der Waals surface area contributed by atoms with E-state index < -0.39 is 0 Å². The summed E-state index contributed by atoms with van der Waals surface area (Å²) in [7, 11) is 0. The van der Waals surface area contributed by atoms with Gasteiger partial charge in [-0.3, -0.25) is 14.3 Å². The van der Waals surface area contributed by atoms with Crippen molar-refractivity contribution in [2.45, 2.75) is 31.3 Å². The van der Waals surface area contributed by atoms with Crippen molar-refractivity contribution < 1.29 is 4.79 Å². The van der Waals surface area contributed by atoms with Gasteiger partial charge < -0.3 is 5.32 Å². The third-order valence-electron chi connectivity index (χ3n) is 5.32. The molecule has 0 spiro atoms. The summed E-state index contributed by atoms with van der Waals surface area (Å²) in [6, 6.07) is 21.0. The van der Waals surface area contributed by atoms with Gasteiger partial charge in [-0.1, -0.05) is 55.4 Å². The maximum Gasteiger partial charge on any atom is 0.234 e. The molecule has 168 valence electrons. The van der Waals surface area contributed by atoms with Crippen LogP contribution in [0.1, 0.15) is 31.7 Å². The van der Waals surface area contributed by atoms with Crippen LogP contribution in [0, 0.1) is 0 Å². The van der Waals surface area contributed by atoms with Gasteiger partial charge in [0.25, 0.3) is 0 Å². The van der Waals surface area contributed by atoms with Crippen LogP contribution in [0.15, 0.2) is 78.1 Å². The summed E-state index contributed by atoms with van der Waals surface area (Å²) in [5.74, 6) is 1.18. The molecule has 2 aromatic heterocycles. The van der Waals surface area contributed by atoms with Gasteiger partial charge in [-0.2, -0.15) is 0 Å². The van der Waals surface area contributed by atoms with E-state index in [1.54, 1.807) is 6.20 Å². The van der Waals surface area contributed by atoms with Crippen molar-refractivity contribution in [2.75, 3.05) is 11.1 Å². The van der Waals surface area contributed by atoms with Gasteiger partial charge in [0.1, 0.15) is 5.69 Å². The van der Waals surface area contributed by atoms with Crippen LogP contribution in [0.25, 0.3) is 17.2 Å². The number of benzene rings is 2. The minimum absolute atomic E-state index is 0.110. The Labute approximate surface area is 202 Å². The quantitative estimate of drug-likeness (QED) is 0.304. The van der Waals surface area contributed by atoms with Gasteiger partial charge in [-0.05, 0) is 66.4 Å². The van der Waals surface area contributed by atoms with Crippen LogP contribution < -0.4 is 5.32 Å². The van der Waals surface area contributed by atoms with E-state index in [-0.39, 0.29) is 11.7 Å². The molecule has 0 bridgehead atoms. The molecule has 33 heavy (non-hydrogen) atoms. The molecule has 0 saturated carbocycles. The van der Waals surface area contributed by atoms with Crippen LogP contribution in [-0.2, 0) is 4.79 Å². The van der Waals surface area contributed by atoms with Crippen molar-refractivity contribution in [2.24, 2.45) is 0 Å². The van der Waals surface area contributed by atoms with Crippen molar-refractivity contribution >= 4 is 35.0 Å². The number of hydrogen-bond donors (Lipinski definition) is 1. The molecule has 0 saturated heterocycles. The van der Waals surface area contributed by atoms with Crippen LogP contribution in [0.4, 0.5) is 5.69 Å². The highest BCUT2D eigenvalue weighted by Gasteiger charge is 2.18. The second-order valence-corrected chi connectivity index (χ2v) is 8.98. The summed E-state index contributed by atoms with van der Waals surface area (Å²) < 4.78 is 1.89. The van der Waals surface area contributed by atoms with Gasteiger partial charge in [0, 0.05) is 22.6 Å². The maximum absolute atomic E-state index is 12.6. The predicted molar refractivity (Wildman–Crippen MR) is 134 cm³/mol. The molecular formula is C25H24ClN5OS. The maximum atomic E-state index is 12.6. The van der Waals surface area contributed by atoms with Crippen molar-refractivity contribution in [3.63, 3.8) is 0 Å². The third-order valence-corrected chi connectivity index (χ3v) is 6.50. The van der Waals surface area contributed by atoms with Crippen molar-refractivity contribution in [3.05, 3.63) is 83.5 Å². The Bertz CT molecular complexity index is 1210. The molecule has 0 radical (unpaired) electrons. The van der Waals surface area contributed by atoms with E-state index >= 15 is 0 Å². The number of aromatic nitrogens is 4. The predicted octanol–water partition coefficient (Wildman–Crippen LogP) is 6.23. The van der Waals surface area contributed by atoms with E-state index in [0.29, 0.717) is 27.6 Å². The Hall–Kier alpha value is -3.16. The Morgan fingerprint density at radius 1 is 1.06 bits per heavy atom. The van der Waals surface area contributed by atoms with Crippen LogP contribution in [0.2, 0.25) is 5.02 Å². The Kier molecular flexibility index (Phi) is 7.42. The summed E-state index contributed by atoms with van der Waals surface area (Å²) in [6.07, 6.45) is 2.79. The average molecular weight is 478 g/mol. The zero-order valence-electron chi connectivity index (χ0n) is 18.4. The van der Waals surface area contributed by atoms with Gasteiger partial charge in [0.15, 0.2) is 11.0 Å². The second-order valence-electron chi connectivity index (χ2n) is 7.60. The van der Waals surface area contributed by atoms with Gasteiger partial charge in [0.05, 0.1) is 5.75 Å². The molecule has 1 amide bonds. The molecule has 2 heterocycles. The molecule has 1 atom stereocenters. The number of nitrogens with zero attached hydrogens (tertiary/aromatic N) is 4. The lowest BCUT2D eigenvalue weighted by molar-refractivity contribution is -0.113. The molecule has 0 aliphatic carbocycles. The van der Waals surface area contributed by atoms with E-state index in [9.17, 15) is 4.79 Å². The normalized spacial score (nSPS) is 11.8. The zero-order valence-corrected chi connectivity index (χ0v) is 20.0. The topological polar surface area (TPSA) is 72.7 Å². The number of nitrogens with one attached hydrogen (secondary N) is 1. The highest BCUT2D eigenvalue weighted by Crippen LogP contribution is 2.28. The lowest BCUT2D eigenvalue weighted by Crippen LogP contribution is -2.14. The van der Waals surface area contributed by atoms with Crippen LogP contribution in [-0.4, -0.2) is 31.4 Å². The summed E-state index contributed by atoms with van der Waals surface area (Å²) in [6.45, 7) is 4.36. The smallest absolute Gasteiger partial charge is 0.234 e. The van der Waals surface area contributed by atoms with Gasteiger partial charge in [0.2, 0.25) is 5.91 Å². The first kappa shape index (κ1) is 23.0. The third kappa shape index (κ3) is 5.61. The SMILES string of the molecule is CC[C@@H](C)c1ccc(NC(=O)CSc2nnc(-c3ccccn3)n2-c2ccc(Cl)cc2)cc1. The van der Waals surface area contributed by atoms with Crippen LogP contribution in [0.3, 0.4) is 0 Å². The minimum Gasteiger partial charge on any atom is -0.325 e. The lowest BCUT2D eigenvalue weighted by Gasteiger charge is -2.11. The van der Waals surface area contributed by atoms with Crippen molar-refractivity contribution in [3.8, 4) is 17.2 Å². The number of amides is 1. The van der Waals surface area contributed by atoms with E-state index in [2.05, 4.69) is 46.5 Å². The standard InChI is InChI=1S/C25H24ClN5OS/c1-3-17(2)18-7-11-20(12-8-18)28-23(32)16-33-25-30-29-24(22-6-4-5-15-27-22)31(25)21-13-9-19(26)10-14-21/h4-15,17H,3,16H2,1-2H3,(H,28,32)/t17-/m1/s1. The lowest BCUT2D eigenvalue weighted by atomic mass is 9.99. The number of anilines is 1. The van der Waals surface area contributed by atoms with E-state index in [1.165, 1.54) is 17.3 Å². The summed E-state index contributed by atoms with van der Waals surface area (Å²) in [4.78, 5) is 17.0. The first-order valence-corrected chi connectivity index (χ1v) is 12.1. The fraction of sp³-hybridized carbons (Fsp3) is 0.200. The van der Waals surface area contributed by atoms with Gasteiger partial charge in [-0.15, -0.1) is 10.2 Å². The summed E-state index contributed by atoms with van der Waals surface area (Å²) in [5.41, 5.74) is 3.58. The van der Waals surface area contributed by atoms with Crippen molar-refractivity contribution in [1.82, 2.24) is 19.7 Å². The van der Waals surface area contributed by atoms with E-state index in [0.717, 1.165) is 17.8 Å². The zero-order chi connectivity index (χ0) is 23.2. The largest absolute Gasteiger partial charge is 0.325 e. The molecule has 0 aliphatic rings. The van der Waals surface area contributed by atoms with Crippen LogP contribution in [0.5, 0.6) is 0 Å². The van der Waals surface area contributed by atoms with Crippen molar-refractivity contribution in [1.29, 1.82) is 0 Å². The van der Waals surface area contributed by atoms with Gasteiger partial charge in [-0.25, -0.2) is 0 Å². The van der Waals surface area contributed by atoms with E-state index in [4.69, 9.17) is 11.6 Å². The molecular weight excluding hydrogens is 454 g/mol. The Morgan fingerprint density at radius 2 is 1.82 bits per heavy atom. The minimum atomic E-state index is -0.110. The average Bonchev–Trinajstić information content (AvgIpc) is 3.28. The molecule has 1 N–H and O–H groups in total. The number of carbonyl (C=O) groups is 1. The molecule has 4 rings (SSSR count). The number of rotatable bonds is 8. The molecule has 8 heteroatoms. The number of thioether (sulfide) groups is 1. The van der Waals surface area contributed by atoms with Gasteiger partial charge >= 0.3 is 0 Å². The highest BCUT2D eigenvalue weighted by atomic mass is 35.5.